The Balaban J connectivity index is 1.88. The maximum atomic E-state index is 2.55. The van der Waals surface area contributed by atoms with E-state index in [1.54, 1.807) is 38.5 Å². The molecule has 0 aromatic rings. The minimum atomic E-state index is 0.506. The van der Waals surface area contributed by atoms with Crippen LogP contribution in [0.15, 0.2) is 0 Å². The fraction of sp³-hybridized carbons (Fsp3) is 1.00. The van der Waals surface area contributed by atoms with E-state index in [1.807, 2.05) is 0 Å². The highest BCUT2D eigenvalue weighted by Gasteiger charge is 2.54. The molecule has 92 valence electrons. The molecule has 4 fully saturated rings. The van der Waals surface area contributed by atoms with Crippen molar-refractivity contribution in [1.82, 2.24) is 0 Å². The maximum absolute atomic E-state index is 2.55. The molecule has 0 saturated heterocycles. The standard InChI is InChI=1S/C16H28/c1-11(15(2,3)4)16-8-12-5-13(9-16)7-14(6-12)10-16/h11-14H,5-10H2,1-4H3. The first-order valence-corrected chi connectivity index (χ1v) is 7.39. The van der Waals surface area contributed by atoms with Gasteiger partial charge in [0.2, 0.25) is 0 Å². The van der Waals surface area contributed by atoms with Crippen LogP contribution in [0, 0.1) is 34.5 Å². The van der Waals surface area contributed by atoms with Crippen molar-refractivity contribution in [2.75, 3.05) is 0 Å². The summed E-state index contributed by atoms with van der Waals surface area (Å²) in [6.07, 6.45) is 9.44. The van der Waals surface area contributed by atoms with E-state index in [0.29, 0.717) is 5.41 Å². The normalized spacial score (nSPS) is 48.4. The lowest BCUT2D eigenvalue weighted by Gasteiger charge is -2.61. The van der Waals surface area contributed by atoms with E-state index >= 15 is 0 Å². The second-order valence-electron chi connectivity index (χ2n) is 8.37. The molecule has 0 amide bonds. The first-order chi connectivity index (χ1) is 7.39. The second kappa shape index (κ2) is 3.27. The van der Waals surface area contributed by atoms with Crippen LogP contribution in [-0.4, -0.2) is 0 Å². The van der Waals surface area contributed by atoms with Gasteiger partial charge in [-0.15, -0.1) is 0 Å². The maximum Gasteiger partial charge on any atom is -0.0259 e. The van der Waals surface area contributed by atoms with E-state index < -0.39 is 0 Å². The van der Waals surface area contributed by atoms with Crippen LogP contribution in [-0.2, 0) is 0 Å². The minimum absolute atomic E-state index is 0.506. The summed E-state index contributed by atoms with van der Waals surface area (Å²) in [6.45, 7) is 9.91. The van der Waals surface area contributed by atoms with Crippen LogP contribution in [0.25, 0.3) is 0 Å². The fourth-order valence-corrected chi connectivity index (χ4v) is 5.63. The monoisotopic (exact) mass is 220 g/mol. The zero-order valence-electron chi connectivity index (χ0n) is 11.6. The molecule has 0 heterocycles. The molecule has 0 heteroatoms. The van der Waals surface area contributed by atoms with Gasteiger partial charge in [0.1, 0.15) is 0 Å². The molecule has 0 aliphatic heterocycles. The Kier molecular flexibility index (Phi) is 2.27. The quantitative estimate of drug-likeness (QED) is 0.590. The molecule has 4 saturated carbocycles. The lowest BCUT2D eigenvalue weighted by atomic mass is 9.44. The Morgan fingerprint density at radius 1 is 0.875 bits per heavy atom. The molecule has 0 radical (unpaired) electrons. The van der Waals surface area contributed by atoms with Gasteiger partial charge < -0.3 is 0 Å². The summed E-state index contributed by atoms with van der Waals surface area (Å²) in [4.78, 5) is 0. The van der Waals surface area contributed by atoms with Crippen LogP contribution >= 0.6 is 0 Å². The van der Waals surface area contributed by atoms with Crippen molar-refractivity contribution in [2.45, 2.75) is 66.2 Å². The SMILES string of the molecule is CC(C(C)(C)C)C12CC3CC(CC(C3)C1)C2. The van der Waals surface area contributed by atoms with Gasteiger partial charge >= 0.3 is 0 Å². The van der Waals surface area contributed by atoms with Crippen molar-refractivity contribution >= 4 is 0 Å². The van der Waals surface area contributed by atoms with Gasteiger partial charge in [0.15, 0.2) is 0 Å². The summed E-state index contributed by atoms with van der Waals surface area (Å²) in [5.41, 5.74) is 1.25. The van der Waals surface area contributed by atoms with Crippen molar-refractivity contribution in [3.63, 3.8) is 0 Å². The first-order valence-electron chi connectivity index (χ1n) is 7.39. The molecule has 4 bridgehead atoms. The van der Waals surface area contributed by atoms with Crippen molar-refractivity contribution < 1.29 is 0 Å². The molecule has 4 rings (SSSR count). The van der Waals surface area contributed by atoms with Crippen LogP contribution in [0.1, 0.15) is 66.2 Å². The Morgan fingerprint density at radius 2 is 1.25 bits per heavy atom. The Hall–Kier alpha value is 0. The lowest BCUT2D eigenvalue weighted by Crippen LogP contribution is -2.51. The molecule has 16 heavy (non-hydrogen) atoms. The van der Waals surface area contributed by atoms with Crippen molar-refractivity contribution in [2.24, 2.45) is 34.5 Å². The van der Waals surface area contributed by atoms with Gasteiger partial charge in [-0.2, -0.15) is 0 Å². The Morgan fingerprint density at radius 3 is 1.56 bits per heavy atom. The third-order valence-corrected chi connectivity index (χ3v) is 6.30. The molecule has 0 N–H and O–H groups in total. The average Bonchev–Trinajstić information content (AvgIpc) is 2.12. The van der Waals surface area contributed by atoms with Gasteiger partial charge in [0, 0.05) is 0 Å². The molecular formula is C16H28. The van der Waals surface area contributed by atoms with E-state index in [0.717, 1.165) is 29.1 Å². The van der Waals surface area contributed by atoms with E-state index in [4.69, 9.17) is 0 Å². The van der Waals surface area contributed by atoms with Crippen LogP contribution in [0.4, 0.5) is 0 Å². The van der Waals surface area contributed by atoms with Crippen LogP contribution in [0.3, 0.4) is 0 Å². The summed E-state index contributed by atoms with van der Waals surface area (Å²) in [6, 6.07) is 0. The summed E-state index contributed by atoms with van der Waals surface area (Å²) in [5.74, 6) is 4.23. The van der Waals surface area contributed by atoms with Crippen LogP contribution < -0.4 is 0 Å². The summed E-state index contributed by atoms with van der Waals surface area (Å²) in [7, 11) is 0. The second-order valence-corrected chi connectivity index (χ2v) is 8.37. The van der Waals surface area contributed by atoms with Gasteiger partial charge in [-0.05, 0) is 73.0 Å². The van der Waals surface area contributed by atoms with Crippen LogP contribution in [0.5, 0.6) is 0 Å². The number of hydrogen-bond acceptors (Lipinski definition) is 0. The van der Waals surface area contributed by atoms with Gasteiger partial charge in [-0.25, -0.2) is 0 Å². The van der Waals surface area contributed by atoms with Crippen molar-refractivity contribution in [3.8, 4) is 0 Å². The highest BCUT2D eigenvalue weighted by molar-refractivity contribution is 5.04. The zero-order valence-corrected chi connectivity index (χ0v) is 11.6. The van der Waals surface area contributed by atoms with E-state index in [1.165, 1.54) is 0 Å². The highest BCUT2D eigenvalue weighted by Crippen LogP contribution is 2.64. The van der Waals surface area contributed by atoms with E-state index in [9.17, 15) is 0 Å². The molecule has 0 aromatic carbocycles. The average molecular weight is 220 g/mol. The third kappa shape index (κ3) is 1.56. The Bertz CT molecular complexity index is 246. The predicted molar refractivity (Wildman–Crippen MR) is 69.2 cm³/mol. The smallest absolute Gasteiger partial charge is 0.0259 e. The molecule has 1 atom stereocenters. The highest BCUT2D eigenvalue weighted by atomic mass is 14.6. The van der Waals surface area contributed by atoms with E-state index in [2.05, 4.69) is 27.7 Å². The van der Waals surface area contributed by atoms with Gasteiger partial charge in [0.25, 0.3) is 0 Å². The fourth-order valence-electron chi connectivity index (χ4n) is 5.63. The molecule has 0 aromatic heterocycles. The molecule has 4 aliphatic rings. The number of rotatable bonds is 1. The van der Waals surface area contributed by atoms with Gasteiger partial charge in [0.05, 0.1) is 0 Å². The minimum Gasteiger partial charge on any atom is -0.0615 e. The van der Waals surface area contributed by atoms with Gasteiger partial charge in [-0.3, -0.25) is 0 Å². The Labute approximate surface area is 101 Å². The number of hydrogen-bond donors (Lipinski definition) is 0. The van der Waals surface area contributed by atoms with Gasteiger partial charge in [-0.1, -0.05) is 27.7 Å². The van der Waals surface area contributed by atoms with E-state index in [-0.39, 0.29) is 0 Å². The molecule has 0 spiro atoms. The van der Waals surface area contributed by atoms with Crippen molar-refractivity contribution in [3.05, 3.63) is 0 Å². The zero-order chi connectivity index (χ0) is 11.6. The first kappa shape index (κ1) is 11.1. The largest absolute Gasteiger partial charge is 0.0615 e. The third-order valence-electron chi connectivity index (χ3n) is 6.30. The summed E-state index contributed by atoms with van der Waals surface area (Å²) >= 11 is 0. The molecule has 1 unspecified atom stereocenters. The molecule has 0 nitrogen and oxygen atoms in total. The molecule has 4 aliphatic carbocycles. The molecular weight excluding hydrogens is 192 g/mol. The summed E-state index contributed by atoms with van der Waals surface area (Å²) < 4.78 is 0. The predicted octanol–water partition coefficient (Wildman–Crippen LogP) is 4.89. The van der Waals surface area contributed by atoms with Crippen LogP contribution in [0.2, 0.25) is 0 Å². The lowest BCUT2D eigenvalue weighted by molar-refractivity contribution is -0.107. The van der Waals surface area contributed by atoms with Crippen molar-refractivity contribution in [1.29, 1.82) is 0 Å². The summed E-state index contributed by atoms with van der Waals surface area (Å²) in [5, 5.41) is 0. The topological polar surface area (TPSA) is 0 Å².